The Kier molecular flexibility index (Phi) is 6.30. The Morgan fingerprint density at radius 1 is 1.33 bits per heavy atom. The molecule has 1 saturated carbocycles. The van der Waals surface area contributed by atoms with Crippen LogP contribution < -0.4 is 5.73 Å². The molecular formula is C19H27ClN2O2. The molecule has 0 radical (unpaired) electrons. The first-order valence-corrected chi connectivity index (χ1v) is 8.60. The van der Waals surface area contributed by atoms with Crippen LogP contribution in [0.4, 0.5) is 0 Å². The van der Waals surface area contributed by atoms with Crippen LogP contribution in [0, 0.1) is 5.92 Å². The zero-order valence-corrected chi connectivity index (χ0v) is 15.3. The Balaban J connectivity index is 0.00000208. The second kappa shape index (κ2) is 8.04. The molecule has 1 aliphatic rings. The highest BCUT2D eigenvalue weighted by Crippen LogP contribution is 2.29. The third-order valence-corrected chi connectivity index (χ3v) is 4.94. The predicted octanol–water partition coefficient (Wildman–Crippen LogP) is 3.89. The smallest absolute Gasteiger partial charge is 0.225 e. The number of rotatable bonds is 4. The van der Waals surface area contributed by atoms with Crippen molar-refractivity contribution in [3.63, 3.8) is 0 Å². The highest BCUT2D eigenvalue weighted by Gasteiger charge is 2.28. The van der Waals surface area contributed by atoms with Crippen molar-refractivity contribution >= 4 is 29.3 Å². The van der Waals surface area contributed by atoms with E-state index >= 15 is 0 Å². The number of halogens is 1. The lowest BCUT2D eigenvalue weighted by Gasteiger charge is -2.29. The van der Waals surface area contributed by atoms with Crippen LogP contribution in [0.1, 0.15) is 43.9 Å². The molecule has 0 aliphatic heterocycles. The summed E-state index contributed by atoms with van der Waals surface area (Å²) in [7, 11) is 1.89. The van der Waals surface area contributed by atoms with Crippen LogP contribution in [-0.2, 0) is 17.8 Å². The summed E-state index contributed by atoms with van der Waals surface area (Å²) in [6.45, 7) is 2.69. The van der Waals surface area contributed by atoms with Crippen molar-refractivity contribution in [2.45, 2.75) is 51.6 Å². The van der Waals surface area contributed by atoms with E-state index < -0.39 is 0 Å². The lowest BCUT2D eigenvalue weighted by Crippen LogP contribution is -2.38. The Morgan fingerprint density at radius 3 is 2.79 bits per heavy atom. The third kappa shape index (κ3) is 3.76. The zero-order valence-electron chi connectivity index (χ0n) is 14.5. The van der Waals surface area contributed by atoms with Gasteiger partial charge in [0, 0.05) is 42.9 Å². The highest BCUT2D eigenvalue weighted by atomic mass is 35.5. The van der Waals surface area contributed by atoms with E-state index in [1.165, 1.54) is 0 Å². The van der Waals surface area contributed by atoms with Crippen molar-refractivity contribution in [1.82, 2.24) is 4.90 Å². The summed E-state index contributed by atoms with van der Waals surface area (Å²) in [6, 6.07) is 8.23. The number of fused-ring (bicyclic) bond motifs is 1. The van der Waals surface area contributed by atoms with E-state index in [1.54, 1.807) is 0 Å². The first-order chi connectivity index (χ1) is 11.1. The molecule has 24 heavy (non-hydrogen) atoms. The molecule has 2 unspecified atom stereocenters. The van der Waals surface area contributed by atoms with Gasteiger partial charge >= 0.3 is 0 Å². The normalized spacial score (nSPS) is 20.6. The summed E-state index contributed by atoms with van der Waals surface area (Å²) in [6.07, 6.45) is 4.71. The molecule has 2 aromatic rings. The molecule has 1 aromatic carbocycles. The highest BCUT2D eigenvalue weighted by molar-refractivity contribution is 5.85. The number of para-hydroxylation sites is 1. The molecule has 1 heterocycles. The van der Waals surface area contributed by atoms with Gasteiger partial charge in [-0.05, 0) is 25.3 Å². The molecule has 132 valence electrons. The van der Waals surface area contributed by atoms with Crippen LogP contribution in [0.3, 0.4) is 0 Å². The van der Waals surface area contributed by atoms with Gasteiger partial charge in [0.1, 0.15) is 11.3 Å². The van der Waals surface area contributed by atoms with E-state index in [1.807, 2.05) is 30.1 Å². The summed E-state index contributed by atoms with van der Waals surface area (Å²) >= 11 is 0. The van der Waals surface area contributed by atoms with Crippen LogP contribution in [0.2, 0.25) is 0 Å². The molecule has 1 aliphatic carbocycles. The molecular weight excluding hydrogens is 324 g/mol. The van der Waals surface area contributed by atoms with Crippen LogP contribution >= 0.6 is 12.4 Å². The fourth-order valence-corrected chi connectivity index (χ4v) is 3.69. The maximum Gasteiger partial charge on any atom is 0.225 e. The van der Waals surface area contributed by atoms with Crippen molar-refractivity contribution in [2.24, 2.45) is 11.7 Å². The van der Waals surface area contributed by atoms with Crippen molar-refractivity contribution in [3.8, 4) is 0 Å². The molecule has 1 amide bonds. The van der Waals surface area contributed by atoms with Gasteiger partial charge < -0.3 is 15.1 Å². The summed E-state index contributed by atoms with van der Waals surface area (Å²) < 4.78 is 5.93. The maximum atomic E-state index is 12.7. The SMILES string of the molecule is CCc1oc2ccccc2c1CN(C)C(=O)C1CCCC(N)C1.Cl. The molecule has 0 spiro atoms. The summed E-state index contributed by atoms with van der Waals surface area (Å²) in [4.78, 5) is 14.6. The van der Waals surface area contributed by atoms with Crippen molar-refractivity contribution in [2.75, 3.05) is 7.05 Å². The average molecular weight is 351 g/mol. The molecule has 0 saturated heterocycles. The lowest BCUT2D eigenvalue weighted by atomic mass is 9.85. The monoisotopic (exact) mass is 350 g/mol. The van der Waals surface area contributed by atoms with Crippen LogP contribution in [0.25, 0.3) is 11.0 Å². The maximum absolute atomic E-state index is 12.7. The number of carbonyl (C=O) groups excluding carboxylic acids is 1. The van der Waals surface area contributed by atoms with Gasteiger partial charge in [0.05, 0.1) is 0 Å². The van der Waals surface area contributed by atoms with Gasteiger partial charge in [0.15, 0.2) is 0 Å². The van der Waals surface area contributed by atoms with Gasteiger partial charge in [-0.15, -0.1) is 12.4 Å². The molecule has 2 atom stereocenters. The number of benzene rings is 1. The quantitative estimate of drug-likeness (QED) is 0.909. The fraction of sp³-hybridized carbons (Fsp3) is 0.526. The van der Waals surface area contributed by atoms with E-state index in [4.69, 9.17) is 10.2 Å². The number of aryl methyl sites for hydroxylation is 1. The lowest BCUT2D eigenvalue weighted by molar-refractivity contribution is -0.135. The Hall–Kier alpha value is -1.52. The molecule has 3 rings (SSSR count). The number of amides is 1. The minimum atomic E-state index is 0. The molecule has 2 N–H and O–H groups in total. The standard InChI is InChI=1S/C19H26N2O2.ClH/c1-3-17-16(15-9-4-5-10-18(15)23-17)12-21(2)19(22)13-7-6-8-14(20)11-13;/h4-5,9-10,13-14H,3,6-8,11-12,20H2,1-2H3;1H. The van der Waals surface area contributed by atoms with Crippen molar-refractivity contribution in [3.05, 3.63) is 35.6 Å². The summed E-state index contributed by atoms with van der Waals surface area (Å²) in [5.41, 5.74) is 8.07. The van der Waals surface area contributed by atoms with Crippen LogP contribution in [0.15, 0.2) is 28.7 Å². The van der Waals surface area contributed by atoms with Crippen molar-refractivity contribution in [1.29, 1.82) is 0 Å². The topological polar surface area (TPSA) is 59.5 Å². The van der Waals surface area contributed by atoms with Crippen LogP contribution in [-0.4, -0.2) is 23.9 Å². The number of carbonyl (C=O) groups is 1. The number of nitrogens with zero attached hydrogens (tertiary/aromatic N) is 1. The minimum absolute atomic E-state index is 0. The minimum Gasteiger partial charge on any atom is -0.461 e. The van der Waals surface area contributed by atoms with E-state index in [0.717, 1.165) is 54.4 Å². The van der Waals surface area contributed by atoms with Gasteiger partial charge in [-0.1, -0.05) is 31.5 Å². The Labute approximate surface area is 149 Å². The molecule has 1 fully saturated rings. The molecule has 0 bridgehead atoms. The zero-order chi connectivity index (χ0) is 16.4. The first-order valence-electron chi connectivity index (χ1n) is 8.60. The largest absolute Gasteiger partial charge is 0.461 e. The number of hydrogen-bond acceptors (Lipinski definition) is 3. The number of nitrogens with two attached hydrogens (primary N) is 1. The number of hydrogen-bond donors (Lipinski definition) is 1. The van der Waals surface area contributed by atoms with Gasteiger partial charge in [-0.3, -0.25) is 4.79 Å². The second-order valence-electron chi connectivity index (χ2n) is 6.67. The second-order valence-corrected chi connectivity index (χ2v) is 6.67. The summed E-state index contributed by atoms with van der Waals surface area (Å²) in [5, 5.41) is 1.12. The van der Waals surface area contributed by atoms with Crippen molar-refractivity contribution < 1.29 is 9.21 Å². The van der Waals surface area contributed by atoms with Gasteiger partial charge in [-0.25, -0.2) is 0 Å². The van der Waals surface area contributed by atoms with Crippen LogP contribution in [0.5, 0.6) is 0 Å². The molecule has 4 nitrogen and oxygen atoms in total. The third-order valence-electron chi connectivity index (χ3n) is 4.94. The van der Waals surface area contributed by atoms with E-state index in [9.17, 15) is 4.79 Å². The predicted molar refractivity (Wildman–Crippen MR) is 99.2 cm³/mol. The van der Waals surface area contributed by atoms with E-state index in [-0.39, 0.29) is 30.3 Å². The molecule has 1 aromatic heterocycles. The van der Waals surface area contributed by atoms with E-state index in [0.29, 0.717) is 6.54 Å². The first kappa shape index (κ1) is 18.8. The van der Waals surface area contributed by atoms with E-state index in [2.05, 4.69) is 13.0 Å². The number of furan rings is 1. The average Bonchev–Trinajstić information content (AvgIpc) is 2.92. The van der Waals surface area contributed by atoms with Gasteiger partial charge in [-0.2, -0.15) is 0 Å². The van der Waals surface area contributed by atoms with Gasteiger partial charge in [0.2, 0.25) is 5.91 Å². The molecule has 5 heteroatoms. The Bertz CT molecular complexity index is 698. The Morgan fingerprint density at radius 2 is 2.08 bits per heavy atom. The fourth-order valence-electron chi connectivity index (χ4n) is 3.69. The van der Waals surface area contributed by atoms with Gasteiger partial charge in [0.25, 0.3) is 0 Å². The summed E-state index contributed by atoms with van der Waals surface area (Å²) in [5.74, 6) is 1.27.